The van der Waals surface area contributed by atoms with Gasteiger partial charge < -0.3 is 10.6 Å². The van der Waals surface area contributed by atoms with Crippen molar-refractivity contribution in [1.29, 1.82) is 0 Å². The quantitative estimate of drug-likeness (QED) is 0.698. The highest BCUT2D eigenvalue weighted by molar-refractivity contribution is 9.12. The largest absolute Gasteiger partial charge is 0.319 e. The molecule has 4 nitrogen and oxygen atoms in total. The fourth-order valence-corrected chi connectivity index (χ4v) is 5.34. The Morgan fingerprint density at radius 2 is 2.10 bits per heavy atom. The number of hydrogen-bond acceptors (Lipinski definition) is 4. The number of aromatic nitrogens is 2. The molecule has 8 heteroatoms. The fourth-order valence-electron chi connectivity index (χ4n) is 1.87. The van der Waals surface area contributed by atoms with Crippen molar-refractivity contribution in [2.45, 2.75) is 12.6 Å². The average molecular weight is 487 g/mol. The van der Waals surface area contributed by atoms with Gasteiger partial charge >= 0.3 is 0 Å². The number of halogens is 3. The van der Waals surface area contributed by atoms with Gasteiger partial charge in [0, 0.05) is 12.1 Å². The molecule has 2 aromatic rings. The molecule has 0 bridgehead atoms. The fraction of sp³-hybridized carbons (Fsp3) is 0.417. The lowest BCUT2D eigenvalue weighted by molar-refractivity contribution is 0.368. The molecule has 0 aliphatic carbocycles. The second kappa shape index (κ2) is 7.02. The van der Waals surface area contributed by atoms with Crippen LogP contribution >= 0.6 is 59.1 Å². The van der Waals surface area contributed by atoms with Gasteiger partial charge in [-0.15, -0.1) is 11.3 Å². The molecule has 2 N–H and O–H groups in total. The molecule has 2 rings (SSSR count). The van der Waals surface area contributed by atoms with Crippen LogP contribution in [0.15, 0.2) is 24.3 Å². The standard InChI is InChI=1S/C12H15Br3N4S/c1-18(2)3-4-19-11(8(13)6-17-19)10(16)7-5-9(14)20-12(7)15/h5-6,10H,3-4,16H2,1-2H3. The summed E-state index contributed by atoms with van der Waals surface area (Å²) in [6, 6.07) is 1.83. The lowest BCUT2D eigenvalue weighted by Gasteiger charge is -2.16. The molecule has 20 heavy (non-hydrogen) atoms. The second-order valence-corrected chi connectivity index (χ2v) is 9.27. The van der Waals surface area contributed by atoms with Crippen molar-refractivity contribution in [2.24, 2.45) is 5.73 Å². The maximum atomic E-state index is 6.43. The normalized spacial score (nSPS) is 13.2. The maximum Gasteiger partial charge on any atom is 0.0762 e. The Morgan fingerprint density at radius 3 is 2.65 bits per heavy atom. The molecule has 1 unspecified atom stereocenters. The molecule has 0 saturated heterocycles. The molecule has 0 aromatic carbocycles. The first-order chi connectivity index (χ1) is 9.40. The number of likely N-dealkylation sites (N-methyl/N-ethyl adjacent to an activating group) is 1. The number of hydrogen-bond donors (Lipinski definition) is 1. The van der Waals surface area contributed by atoms with Crippen molar-refractivity contribution in [1.82, 2.24) is 14.7 Å². The average Bonchev–Trinajstić information content (AvgIpc) is 2.89. The Kier molecular flexibility index (Phi) is 5.84. The Bertz CT molecular complexity index is 594. The van der Waals surface area contributed by atoms with Gasteiger partial charge in [-0.05, 0) is 68.0 Å². The Hall–Kier alpha value is 0.270. The third-order valence-corrected chi connectivity index (χ3v) is 5.90. The van der Waals surface area contributed by atoms with Gasteiger partial charge in [-0.2, -0.15) is 5.10 Å². The van der Waals surface area contributed by atoms with Crippen LogP contribution in [0.1, 0.15) is 17.3 Å². The van der Waals surface area contributed by atoms with E-state index in [-0.39, 0.29) is 6.04 Å². The summed E-state index contributed by atoms with van der Waals surface area (Å²) in [7, 11) is 4.09. The van der Waals surface area contributed by atoms with Crippen LogP contribution in [0.4, 0.5) is 0 Å². The summed E-state index contributed by atoms with van der Waals surface area (Å²) in [4.78, 5) is 2.13. The zero-order chi connectivity index (χ0) is 14.9. The zero-order valence-electron chi connectivity index (χ0n) is 11.1. The predicted molar refractivity (Wildman–Crippen MR) is 94.2 cm³/mol. The number of rotatable bonds is 5. The lowest BCUT2D eigenvalue weighted by Crippen LogP contribution is -2.23. The van der Waals surface area contributed by atoms with Crippen LogP contribution in [-0.4, -0.2) is 35.3 Å². The van der Waals surface area contributed by atoms with Crippen LogP contribution in [0, 0.1) is 0 Å². The molecular formula is C12H15Br3N4S. The third kappa shape index (κ3) is 3.72. The first-order valence-corrected chi connectivity index (χ1v) is 9.16. The van der Waals surface area contributed by atoms with Crippen molar-refractivity contribution in [3.05, 3.63) is 35.6 Å². The summed E-state index contributed by atoms with van der Waals surface area (Å²) >= 11 is 12.2. The molecule has 0 saturated carbocycles. The van der Waals surface area contributed by atoms with Crippen LogP contribution in [-0.2, 0) is 6.54 Å². The van der Waals surface area contributed by atoms with Crippen molar-refractivity contribution in [3.63, 3.8) is 0 Å². The van der Waals surface area contributed by atoms with Gasteiger partial charge in [0.05, 0.1) is 36.5 Å². The van der Waals surface area contributed by atoms with E-state index in [1.54, 1.807) is 17.5 Å². The highest BCUT2D eigenvalue weighted by atomic mass is 79.9. The van der Waals surface area contributed by atoms with Crippen LogP contribution in [0.5, 0.6) is 0 Å². The number of thiophene rings is 1. The van der Waals surface area contributed by atoms with E-state index in [0.717, 1.165) is 36.4 Å². The topological polar surface area (TPSA) is 47.1 Å². The number of nitrogens with zero attached hydrogens (tertiary/aromatic N) is 3. The lowest BCUT2D eigenvalue weighted by atomic mass is 10.1. The van der Waals surface area contributed by atoms with Gasteiger partial charge in [0.25, 0.3) is 0 Å². The Morgan fingerprint density at radius 1 is 1.40 bits per heavy atom. The second-order valence-electron chi connectivity index (χ2n) is 4.66. The molecule has 0 amide bonds. The van der Waals surface area contributed by atoms with Gasteiger partial charge in [-0.3, -0.25) is 4.68 Å². The monoisotopic (exact) mass is 484 g/mol. The minimum Gasteiger partial charge on any atom is -0.319 e. The van der Waals surface area contributed by atoms with Gasteiger partial charge in [0.1, 0.15) is 0 Å². The highest BCUT2D eigenvalue weighted by Crippen LogP contribution is 2.38. The van der Waals surface area contributed by atoms with Crippen molar-refractivity contribution >= 4 is 59.1 Å². The van der Waals surface area contributed by atoms with Gasteiger partial charge in [0.15, 0.2) is 0 Å². The molecule has 0 fully saturated rings. The Balaban J connectivity index is 2.31. The molecule has 110 valence electrons. The van der Waals surface area contributed by atoms with E-state index in [1.807, 2.05) is 18.8 Å². The minimum atomic E-state index is -0.217. The van der Waals surface area contributed by atoms with Crippen molar-refractivity contribution in [3.8, 4) is 0 Å². The first kappa shape index (κ1) is 16.6. The van der Waals surface area contributed by atoms with Gasteiger partial charge in [0.2, 0.25) is 0 Å². The molecule has 2 heterocycles. The van der Waals surface area contributed by atoms with E-state index in [4.69, 9.17) is 5.73 Å². The summed E-state index contributed by atoms with van der Waals surface area (Å²) in [6.45, 7) is 1.73. The molecular weight excluding hydrogens is 472 g/mol. The smallest absolute Gasteiger partial charge is 0.0762 e. The van der Waals surface area contributed by atoms with E-state index in [1.165, 1.54) is 0 Å². The maximum absolute atomic E-state index is 6.43. The van der Waals surface area contributed by atoms with Gasteiger partial charge in [-0.25, -0.2) is 0 Å². The minimum absolute atomic E-state index is 0.217. The third-order valence-electron chi connectivity index (χ3n) is 2.90. The molecule has 1 atom stereocenters. The van der Waals surface area contributed by atoms with Crippen LogP contribution < -0.4 is 5.73 Å². The van der Waals surface area contributed by atoms with Crippen LogP contribution in [0.3, 0.4) is 0 Å². The van der Waals surface area contributed by atoms with Crippen molar-refractivity contribution in [2.75, 3.05) is 20.6 Å². The molecule has 0 aliphatic heterocycles. The molecule has 0 aliphatic rings. The molecule has 2 aromatic heterocycles. The highest BCUT2D eigenvalue weighted by Gasteiger charge is 2.22. The van der Waals surface area contributed by atoms with Crippen LogP contribution in [0.25, 0.3) is 0 Å². The van der Waals surface area contributed by atoms with E-state index in [9.17, 15) is 0 Å². The summed E-state index contributed by atoms with van der Waals surface area (Å²) in [5, 5.41) is 4.41. The Labute approximate surface area is 147 Å². The predicted octanol–water partition coefficient (Wildman–Crippen LogP) is 3.84. The van der Waals surface area contributed by atoms with Gasteiger partial charge in [-0.1, -0.05) is 0 Å². The molecule has 0 spiro atoms. The molecule has 0 radical (unpaired) electrons. The summed E-state index contributed by atoms with van der Waals surface area (Å²) in [6.07, 6.45) is 1.81. The van der Waals surface area contributed by atoms with Crippen molar-refractivity contribution < 1.29 is 0 Å². The summed E-state index contributed by atoms with van der Waals surface area (Å²) in [5.41, 5.74) is 8.50. The number of nitrogens with two attached hydrogens (primary N) is 1. The van der Waals surface area contributed by atoms with E-state index < -0.39 is 0 Å². The van der Waals surface area contributed by atoms with E-state index in [2.05, 4.69) is 63.9 Å². The zero-order valence-corrected chi connectivity index (χ0v) is 16.7. The van der Waals surface area contributed by atoms with Crippen LogP contribution in [0.2, 0.25) is 0 Å². The summed E-state index contributed by atoms with van der Waals surface area (Å²) in [5.74, 6) is 0. The SMILES string of the molecule is CN(C)CCn1ncc(Br)c1C(N)c1cc(Br)sc1Br. The van der Waals surface area contributed by atoms with E-state index in [0.29, 0.717) is 0 Å². The first-order valence-electron chi connectivity index (χ1n) is 5.96. The summed E-state index contributed by atoms with van der Waals surface area (Å²) < 4.78 is 5.01. The van der Waals surface area contributed by atoms with E-state index >= 15 is 0 Å².